The molecule has 1 aromatic heterocycles. The lowest BCUT2D eigenvalue weighted by atomic mass is 10.2. The average Bonchev–Trinajstić information content (AvgIpc) is 3.10. The Kier molecular flexibility index (Phi) is 5.30. The number of rotatable bonds is 5. The summed E-state index contributed by atoms with van der Waals surface area (Å²) in [5.41, 5.74) is 1.41. The first-order chi connectivity index (χ1) is 12.2. The van der Waals surface area contributed by atoms with Crippen LogP contribution in [-0.4, -0.2) is 27.3 Å². The second-order valence-corrected chi connectivity index (χ2v) is 5.88. The molecule has 0 saturated carbocycles. The first-order valence-corrected chi connectivity index (χ1v) is 8.62. The first-order valence-electron chi connectivity index (χ1n) is 7.39. The second-order valence-electron chi connectivity index (χ2n) is 5.06. The zero-order chi connectivity index (χ0) is 17.6. The Balaban J connectivity index is 1.63. The van der Waals surface area contributed by atoms with Crippen LogP contribution >= 0.6 is 11.8 Å². The Morgan fingerprint density at radius 3 is 2.76 bits per heavy atom. The summed E-state index contributed by atoms with van der Waals surface area (Å²) in [7, 11) is 0. The Morgan fingerprint density at radius 2 is 2.08 bits per heavy atom. The van der Waals surface area contributed by atoms with E-state index in [1.165, 1.54) is 28.6 Å². The van der Waals surface area contributed by atoms with Crippen LogP contribution in [0.15, 0.2) is 59.8 Å². The number of halogens is 1. The minimum Gasteiger partial charge on any atom is -0.444 e. The highest BCUT2D eigenvalue weighted by molar-refractivity contribution is 7.98. The van der Waals surface area contributed by atoms with Gasteiger partial charge < -0.3 is 4.74 Å². The standard InChI is InChI=1S/C17H15FN4O2S/c1-25-16-10-22(21-20-16)15-8-7-13(9-14(15)18)19-17(23)24-11-12-5-3-2-4-6-12/h2-10H,11H2,1H3,(H,19,23). The van der Waals surface area contributed by atoms with E-state index in [0.717, 1.165) is 5.56 Å². The van der Waals surface area contributed by atoms with Gasteiger partial charge in [-0.15, -0.1) is 16.9 Å². The first kappa shape index (κ1) is 17.0. The molecule has 0 fully saturated rings. The van der Waals surface area contributed by atoms with Crippen molar-refractivity contribution in [1.82, 2.24) is 15.0 Å². The highest BCUT2D eigenvalue weighted by Crippen LogP contribution is 2.19. The molecular formula is C17H15FN4O2S. The monoisotopic (exact) mass is 358 g/mol. The van der Waals surface area contributed by atoms with Crippen LogP contribution in [0.2, 0.25) is 0 Å². The summed E-state index contributed by atoms with van der Waals surface area (Å²) >= 11 is 1.41. The van der Waals surface area contributed by atoms with E-state index in [1.54, 1.807) is 12.3 Å². The normalized spacial score (nSPS) is 10.5. The number of nitrogens with zero attached hydrogens (tertiary/aromatic N) is 3. The van der Waals surface area contributed by atoms with Crippen molar-refractivity contribution in [3.63, 3.8) is 0 Å². The van der Waals surface area contributed by atoms with Gasteiger partial charge >= 0.3 is 6.09 Å². The lowest BCUT2D eigenvalue weighted by Gasteiger charge is -2.08. The lowest BCUT2D eigenvalue weighted by molar-refractivity contribution is 0.155. The minimum absolute atomic E-state index is 0.143. The fraction of sp³-hybridized carbons (Fsp3) is 0.118. The number of carbonyl (C=O) groups excluding carboxylic acids is 1. The summed E-state index contributed by atoms with van der Waals surface area (Å²) in [4.78, 5) is 11.8. The number of benzene rings is 2. The van der Waals surface area contributed by atoms with E-state index in [-0.39, 0.29) is 12.3 Å². The third kappa shape index (κ3) is 4.36. The molecule has 0 aliphatic rings. The molecule has 0 aliphatic heterocycles. The van der Waals surface area contributed by atoms with Gasteiger partial charge in [0.25, 0.3) is 0 Å². The fourth-order valence-electron chi connectivity index (χ4n) is 2.11. The Bertz CT molecular complexity index is 870. The molecule has 0 radical (unpaired) electrons. The summed E-state index contributed by atoms with van der Waals surface area (Å²) in [6.45, 7) is 0.143. The van der Waals surface area contributed by atoms with E-state index in [2.05, 4.69) is 15.6 Å². The summed E-state index contributed by atoms with van der Waals surface area (Å²) in [6.07, 6.45) is 2.84. The molecule has 8 heteroatoms. The molecule has 0 unspecified atom stereocenters. The molecule has 0 bridgehead atoms. The number of thioether (sulfide) groups is 1. The number of ether oxygens (including phenoxy) is 1. The largest absolute Gasteiger partial charge is 0.444 e. The number of hydrogen-bond donors (Lipinski definition) is 1. The second kappa shape index (κ2) is 7.80. The van der Waals surface area contributed by atoms with Crippen molar-refractivity contribution in [1.29, 1.82) is 0 Å². The number of amides is 1. The van der Waals surface area contributed by atoms with Gasteiger partial charge in [-0.1, -0.05) is 35.5 Å². The van der Waals surface area contributed by atoms with Crippen LogP contribution < -0.4 is 5.32 Å². The van der Waals surface area contributed by atoms with Gasteiger partial charge in [0.15, 0.2) is 5.82 Å². The van der Waals surface area contributed by atoms with E-state index in [4.69, 9.17) is 4.74 Å². The van der Waals surface area contributed by atoms with Gasteiger partial charge in [-0.3, -0.25) is 5.32 Å². The summed E-state index contributed by atoms with van der Waals surface area (Å²) in [5, 5.41) is 10.9. The molecule has 0 atom stereocenters. The van der Waals surface area contributed by atoms with Crippen LogP contribution in [0.25, 0.3) is 5.69 Å². The summed E-state index contributed by atoms with van der Waals surface area (Å²) in [6, 6.07) is 13.6. The molecule has 0 aliphatic carbocycles. The predicted octanol–water partition coefficient (Wildman–Crippen LogP) is 3.88. The van der Waals surface area contributed by atoms with Gasteiger partial charge in [-0.25, -0.2) is 13.9 Å². The molecule has 1 N–H and O–H groups in total. The molecule has 25 heavy (non-hydrogen) atoms. The van der Waals surface area contributed by atoms with Crippen molar-refractivity contribution in [2.24, 2.45) is 0 Å². The molecule has 3 rings (SSSR count). The van der Waals surface area contributed by atoms with Crippen molar-refractivity contribution >= 4 is 23.5 Å². The number of anilines is 1. The van der Waals surface area contributed by atoms with Gasteiger partial charge in [0.2, 0.25) is 0 Å². The molecule has 3 aromatic rings. The summed E-state index contributed by atoms with van der Waals surface area (Å²) < 4.78 is 20.7. The van der Waals surface area contributed by atoms with Gasteiger partial charge in [-0.2, -0.15) is 0 Å². The zero-order valence-corrected chi connectivity index (χ0v) is 14.2. The third-order valence-electron chi connectivity index (χ3n) is 3.34. The lowest BCUT2D eigenvalue weighted by Crippen LogP contribution is -2.14. The maximum Gasteiger partial charge on any atom is 0.411 e. The number of hydrogen-bond acceptors (Lipinski definition) is 5. The van der Waals surface area contributed by atoms with Gasteiger partial charge in [0, 0.05) is 5.69 Å². The van der Waals surface area contributed by atoms with Crippen molar-refractivity contribution in [3.05, 3.63) is 66.1 Å². The van der Waals surface area contributed by atoms with Crippen LogP contribution in [-0.2, 0) is 11.3 Å². The summed E-state index contributed by atoms with van der Waals surface area (Å²) in [5.74, 6) is -0.529. The maximum absolute atomic E-state index is 14.3. The van der Waals surface area contributed by atoms with Gasteiger partial charge in [0.05, 0.1) is 6.20 Å². The van der Waals surface area contributed by atoms with Crippen LogP contribution in [0.5, 0.6) is 0 Å². The van der Waals surface area contributed by atoms with E-state index >= 15 is 0 Å². The number of aromatic nitrogens is 3. The minimum atomic E-state index is -0.651. The van der Waals surface area contributed by atoms with Crippen molar-refractivity contribution in [2.75, 3.05) is 11.6 Å². The van der Waals surface area contributed by atoms with Crippen LogP contribution in [0.1, 0.15) is 5.56 Å². The number of carbonyl (C=O) groups is 1. The van der Waals surface area contributed by atoms with Crippen molar-refractivity contribution < 1.29 is 13.9 Å². The smallest absolute Gasteiger partial charge is 0.411 e. The Labute approximate surface area is 148 Å². The molecule has 2 aromatic carbocycles. The SMILES string of the molecule is CSc1cn(-c2ccc(NC(=O)OCc3ccccc3)cc2F)nn1. The van der Waals surface area contributed by atoms with E-state index in [9.17, 15) is 9.18 Å². The highest BCUT2D eigenvalue weighted by atomic mass is 32.2. The van der Waals surface area contributed by atoms with Crippen LogP contribution in [0.4, 0.5) is 14.9 Å². The van der Waals surface area contributed by atoms with Gasteiger partial charge in [-0.05, 0) is 30.0 Å². The van der Waals surface area contributed by atoms with E-state index in [0.29, 0.717) is 10.7 Å². The molecule has 0 saturated heterocycles. The topological polar surface area (TPSA) is 69.0 Å². The van der Waals surface area contributed by atoms with Crippen LogP contribution in [0.3, 0.4) is 0 Å². The quantitative estimate of drug-likeness (QED) is 0.701. The highest BCUT2D eigenvalue weighted by Gasteiger charge is 2.10. The Morgan fingerprint density at radius 1 is 1.28 bits per heavy atom. The van der Waals surface area contributed by atoms with Crippen molar-refractivity contribution in [2.45, 2.75) is 11.6 Å². The molecular weight excluding hydrogens is 343 g/mol. The average molecular weight is 358 g/mol. The number of nitrogens with one attached hydrogen (secondary N) is 1. The fourth-order valence-corrected chi connectivity index (χ4v) is 2.43. The maximum atomic E-state index is 14.3. The van der Waals surface area contributed by atoms with Gasteiger partial charge in [0.1, 0.15) is 17.3 Å². The predicted molar refractivity (Wildman–Crippen MR) is 93.3 cm³/mol. The van der Waals surface area contributed by atoms with Crippen LogP contribution in [0, 0.1) is 5.82 Å². The molecule has 6 nitrogen and oxygen atoms in total. The Hall–Kier alpha value is -2.87. The van der Waals surface area contributed by atoms with E-state index in [1.807, 2.05) is 36.6 Å². The van der Waals surface area contributed by atoms with E-state index < -0.39 is 11.9 Å². The third-order valence-corrected chi connectivity index (χ3v) is 3.94. The molecule has 1 amide bonds. The molecule has 128 valence electrons. The molecule has 0 spiro atoms. The molecule has 1 heterocycles. The zero-order valence-electron chi connectivity index (χ0n) is 13.3. The van der Waals surface area contributed by atoms with Crippen molar-refractivity contribution in [3.8, 4) is 5.69 Å².